The Morgan fingerprint density at radius 2 is 2.12 bits per heavy atom. The summed E-state index contributed by atoms with van der Waals surface area (Å²) in [7, 11) is 0. The van der Waals surface area contributed by atoms with Crippen molar-refractivity contribution in [3.05, 3.63) is 28.3 Å². The van der Waals surface area contributed by atoms with Gasteiger partial charge in [-0.1, -0.05) is 11.6 Å². The molecule has 0 saturated carbocycles. The van der Waals surface area contributed by atoms with E-state index in [0.717, 1.165) is 0 Å². The van der Waals surface area contributed by atoms with E-state index in [2.05, 4.69) is 0 Å². The molecule has 0 spiro atoms. The molecule has 1 aromatic carbocycles. The van der Waals surface area contributed by atoms with Gasteiger partial charge in [-0.25, -0.2) is 8.78 Å². The lowest BCUT2D eigenvalue weighted by Gasteiger charge is -2.14. The normalized spacial score (nSPS) is 12.5. The first-order valence-corrected chi connectivity index (χ1v) is 5.06. The number of rotatable bonds is 4. The Bertz CT molecular complexity index is 454. The van der Waals surface area contributed by atoms with Gasteiger partial charge in [0.1, 0.15) is 16.6 Å². The summed E-state index contributed by atoms with van der Waals surface area (Å²) < 4.78 is 26.9. The van der Waals surface area contributed by atoms with Crippen LogP contribution in [-0.2, 0) is 4.79 Å². The summed E-state index contributed by atoms with van der Waals surface area (Å²) >= 11 is 5.40. The number of hydrogen-bond donors (Lipinski definition) is 3. The number of nitrogens with two attached hydrogens (primary N) is 1. The van der Waals surface area contributed by atoms with Crippen LogP contribution in [0.15, 0.2) is 6.07 Å². The van der Waals surface area contributed by atoms with Gasteiger partial charge >= 0.3 is 5.97 Å². The van der Waals surface area contributed by atoms with E-state index >= 15 is 0 Å². The number of phenols is 1. The van der Waals surface area contributed by atoms with E-state index in [-0.39, 0.29) is 12.8 Å². The van der Waals surface area contributed by atoms with Crippen molar-refractivity contribution in [2.45, 2.75) is 18.9 Å². The molecule has 1 rings (SSSR count). The summed E-state index contributed by atoms with van der Waals surface area (Å²) in [4.78, 5) is 10.3. The Morgan fingerprint density at radius 3 is 2.65 bits per heavy atom. The minimum atomic E-state index is -1.16. The van der Waals surface area contributed by atoms with Crippen LogP contribution < -0.4 is 5.73 Å². The Kier molecular flexibility index (Phi) is 4.25. The molecule has 0 aliphatic rings. The second kappa shape index (κ2) is 5.29. The molecule has 0 fully saturated rings. The predicted molar refractivity (Wildman–Crippen MR) is 56.8 cm³/mol. The maximum atomic E-state index is 13.5. The molecule has 4 nitrogen and oxygen atoms in total. The van der Waals surface area contributed by atoms with Gasteiger partial charge in [0.05, 0.1) is 0 Å². The summed E-state index contributed by atoms with van der Waals surface area (Å²) in [6.45, 7) is 0. The Morgan fingerprint density at radius 1 is 1.53 bits per heavy atom. The number of carbonyl (C=O) groups is 1. The molecule has 0 saturated heterocycles. The van der Waals surface area contributed by atoms with Gasteiger partial charge in [-0.15, -0.1) is 0 Å². The summed E-state index contributed by atoms with van der Waals surface area (Å²) in [6, 6.07) is -0.495. The van der Waals surface area contributed by atoms with Crippen molar-refractivity contribution in [3.63, 3.8) is 0 Å². The smallest absolute Gasteiger partial charge is 0.303 e. The molecule has 0 amide bonds. The highest BCUT2D eigenvalue weighted by Gasteiger charge is 2.22. The molecule has 1 aromatic rings. The monoisotopic (exact) mass is 265 g/mol. The summed E-state index contributed by atoms with van der Waals surface area (Å²) in [5.74, 6) is -4.06. The molecule has 0 bridgehead atoms. The second-order valence-electron chi connectivity index (χ2n) is 3.46. The summed E-state index contributed by atoms with van der Waals surface area (Å²) in [6.07, 6.45) is -0.456. The highest BCUT2D eigenvalue weighted by molar-refractivity contribution is 6.32. The lowest BCUT2D eigenvalue weighted by Crippen LogP contribution is -2.16. The number of aliphatic carboxylic acids is 1. The lowest BCUT2D eigenvalue weighted by molar-refractivity contribution is -0.137. The largest absolute Gasteiger partial charge is 0.506 e. The van der Waals surface area contributed by atoms with E-state index in [0.29, 0.717) is 6.07 Å². The lowest BCUT2D eigenvalue weighted by atomic mass is 10.0. The average Bonchev–Trinajstić information content (AvgIpc) is 2.23. The van der Waals surface area contributed by atoms with Crippen molar-refractivity contribution in [2.75, 3.05) is 0 Å². The zero-order chi connectivity index (χ0) is 13.2. The van der Waals surface area contributed by atoms with Gasteiger partial charge in [-0.3, -0.25) is 4.79 Å². The molecule has 0 heterocycles. The molecule has 4 N–H and O–H groups in total. The fourth-order valence-corrected chi connectivity index (χ4v) is 1.52. The minimum Gasteiger partial charge on any atom is -0.506 e. The number of carboxylic acid groups (broad SMARTS) is 1. The van der Waals surface area contributed by atoms with Crippen LogP contribution >= 0.6 is 11.6 Å². The number of halogens is 3. The van der Waals surface area contributed by atoms with Gasteiger partial charge in [0.25, 0.3) is 0 Å². The van der Waals surface area contributed by atoms with Crippen molar-refractivity contribution < 1.29 is 23.8 Å². The van der Waals surface area contributed by atoms with E-state index in [4.69, 9.17) is 27.5 Å². The second-order valence-corrected chi connectivity index (χ2v) is 3.84. The molecule has 1 atom stereocenters. The molecule has 1 unspecified atom stereocenters. The summed E-state index contributed by atoms with van der Waals surface area (Å²) in [5.41, 5.74) is 4.96. The molecule has 0 radical (unpaired) electrons. The number of phenolic OH excluding ortho intramolecular Hbond substituents is 1. The SMILES string of the molecule is NC(CCC(=O)O)c1c(F)cc(O)c(Cl)c1F. The van der Waals surface area contributed by atoms with Gasteiger partial charge in [-0.2, -0.15) is 0 Å². The van der Waals surface area contributed by atoms with Crippen LogP contribution in [0.4, 0.5) is 8.78 Å². The highest BCUT2D eigenvalue weighted by Crippen LogP contribution is 2.33. The molecule has 0 aromatic heterocycles. The van der Waals surface area contributed by atoms with Crippen LogP contribution in [0, 0.1) is 11.6 Å². The molecular formula is C10H10ClF2NO3. The van der Waals surface area contributed by atoms with Crippen molar-refractivity contribution in [3.8, 4) is 5.75 Å². The fraction of sp³-hybridized carbons (Fsp3) is 0.300. The van der Waals surface area contributed by atoms with Crippen LogP contribution in [0.2, 0.25) is 5.02 Å². The average molecular weight is 266 g/mol. The zero-order valence-electron chi connectivity index (χ0n) is 8.58. The quantitative estimate of drug-likeness (QED) is 0.729. The zero-order valence-corrected chi connectivity index (χ0v) is 9.34. The van der Waals surface area contributed by atoms with Crippen LogP contribution in [-0.4, -0.2) is 16.2 Å². The molecule has 17 heavy (non-hydrogen) atoms. The predicted octanol–water partition coefficient (Wildman–Crippen LogP) is 2.19. The fourth-order valence-electron chi connectivity index (χ4n) is 1.36. The number of carboxylic acids is 1. The standard InChI is InChI=1S/C10H10ClF2NO3/c11-9-6(15)3-4(12)8(10(9)13)5(14)1-2-7(16)17/h3,5,15H,1-2,14H2,(H,16,17). The van der Waals surface area contributed by atoms with Crippen LogP contribution in [0.25, 0.3) is 0 Å². The molecule has 94 valence electrons. The summed E-state index contributed by atoms with van der Waals surface area (Å²) in [5, 5.41) is 16.9. The maximum Gasteiger partial charge on any atom is 0.303 e. The van der Waals surface area contributed by atoms with E-state index in [1.54, 1.807) is 0 Å². The number of hydrogen-bond acceptors (Lipinski definition) is 3. The van der Waals surface area contributed by atoms with Crippen molar-refractivity contribution in [1.29, 1.82) is 0 Å². The molecule has 0 aliphatic heterocycles. The Hall–Kier alpha value is -1.40. The molecule has 7 heteroatoms. The van der Waals surface area contributed by atoms with Gasteiger partial charge in [-0.05, 0) is 6.42 Å². The molecule has 0 aliphatic carbocycles. The molecular weight excluding hydrogens is 256 g/mol. The van der Waals surface area contributed by atoms with Gasteiger partial charge in [0.15, 0.2) is 5.82 Å². The Balaban J connectivity index is 3.05. The maximum absolute atomic E-state index is 13.5. The topological polar surface area (TPSA) is 83.6 Å². The van der Waals surface area contributed by atoms with E-state index in [9.17, 15) is 13.6 Å². The minimum absolute atomic E-state index is 0.135. The number of aromatic hydroxyl groups is 1. The van der Waals surface area contributed by atoms with Crippen molar-refractivity contribution in [2.24, 2.45) is 5.73 Å². The van der Waals surface area contributed by atoms with E-state index in [1.165, 1.54) is 0 Å². The third-order valence-electron chi connectivity index (χ3n) is 2.21. The van der Waals surface area contributed by atoms with E-state index in [1.807, 2.05) is 0 Å². The first-order valence-electron chi connectivity index (χ1n) is 4.68. The van der Waals surface area contributed by atoms with Gasteiger partial charge in [0, 0.05) is 24.1 Å². The Labute approximate surface area is 101 Å². The van der Waals surface area contributed by atoms with Gasteiger partial charge < -0.3 is 15.9 Å². The van der Waals surface area contributed by atoms with Crippen molar-refractivity contribution >= 4 is 17.6 Å². The van der Waals surface area contributed by atoms with Crippen LogP contribution in [0.3, 0.4) is 0 Å². The van der Waals surface area contributed by atoms with Crippen molar-refractivity contribution in [1.82, 2.24) is 0 Å². The first kappa shape index (κ1) is 13.7. The van der Waals surface area contributed by atoms with Crippen LogP contribution in [0.5, 0.6) is 5.75 Å². The third-order valence-corrected chi connectivity index (χ3v) is 2.57. The van der Waals surface area contributed by atoms with Crippen LogP contribution in [0.1, 0.15) is 24.4 Å². The third kappa shape index (κ3) is 3.04. The van der Waals surface area contributed by atoms with Gasteiger partial charge in [0.2, 0.25) is 0 Å². The van der Waals surface area contributed by atoms with E-state index < -0.39 is 40.0 Å². The number of benzene rings is 1. The first-order chi connectivity index (χ1) is 7.84. The highest BCUT2D eigenvalue weighted by atomic mass is 35.5.